The molecule has 0 aromatic heterocycles. The number of amides is 1. The molecule has 1 atom stereocenters. The zero-order chi connectivity index (χ0) is 17.1. The highest BCUT2D eigenvalue weighted by molar-refractivity contribution is 5.77. The monoisotopic (exact) mass is 341 g/mol. The van der Waals surface area contributed by atoms with Crippen molar-refractivity contribution in [1.82, 2.24) is 15.1 Å². The minimum Gasteiger partial charge on any atom is -0.338 e. The van der Waals surface area contributed by atoms with Gasteiger partial charge in [-0.2, -0.15) is 0 Å². The lowest BCUT2D eigenvalue weighted by Gasteiger charge is -2.49. The van der Waals surface area contributed by atoms with Crippen LogP contribution in [-0.2, 0) is 11.3 Å². The Kier molecular flexibility index (Phi) is 5.09. The van der Waals surface area contributed by atoms with E-state index in [-0.39, 0.29) is 0 Å². The van der Waals surface area contributed by atoms with Crippen LogP contribution in [0.15, 0.2) is 30.3 Å². The molecule has 1 N–H and O–H groups in total. The standard InChI is InChI=1S/C21H31N3O/c25-20-8-9-21(17-24(20)16-18-5-2-1-3-6-18)10-13-23(14-11-21)19-7-4-12-22-15-19/h1-3,5-6,19,22H,4,7-17H2/t19-/m0/s1. The van der Waals surface area contributed by atoms with Crippen LogP contribution in [0.2, 0.25) is 0 Å². The molecule has 3 aliphatic heterocycles. The van der Waals surface area contributed by atoms with Crippen molar-refractivity contribution in [3.8, 4) is 0 Å². The third-order valence-corrected chi connectivity index (χ3v) is 6.61. The van der Waals surface area contributed by atoms with Crippen molar-refractivity contribution in [2.75, 3.05) is 32.7 Å². The number of hydrogen-bond acceptors (Lipinski definition) is 3. The molecule has 136 valence electrons. The summed E-state index contributed by atoms with van der Waals surface area (Å²) in [5.41, 5.74) is 1.61. The molecule has 3 heterocycles. The molecule has 0 saturated carbocycles. The van der Waals surface area contributed by atoms with E-state index in [0.29, 0.717) is 11.3 Å². The lowest BCUT2D eigenvalue weighted by atomic mass is 9.72. The summed E-state index contributed by atoms with van der Waals surface area (Å²) in [6.07, 6.45) is 6.99. The minimum atomic E-state index is 0.341. The summed E-state index contributed by atoms with van der Waals surface area (Å²) in [5.74, 6) is 0.341. The van der Waals surface area contributed by atoms with Gasteiger partial charge in [-0.15, -0.1) is 0 Å². The number of nitrogens with zero attached hydrogens (tertiary/aromatic N) is 2. The van der Waals surface area contributed by atoms with Crippen LogP contribution in [0.4, 0.5) is 0 Å². The normalized spacial score (nSPS) is 27.6. The Balaban J connectivity index is 1.36. The Morgan fingerprint density at radius 2 is 1.92 bits per heavy atom. The van der Waals surface area contributed by atoms with Crippen LogP contribution in [0.3, 0.4) is 0 Å². The van der Waals surface area contributed by atoms with Gasteiger partial charge in [-0.3, -0.25) is 9.69 Å². The lowest BCUT2D eigenvalue weighted by molar-refractivity contribution is -0.140. The van der Waals surface area contributed by atoms with Gasteiger partial charge in [0.25, 0.3) is 0 Å². The van der Waals surface area contributed by atoms with Gasteiger partial charge < -0.3 is 10.2 Å². The smallest absolute Gasteiger partial charge is 0.222 e. The predicted molar refractivity (Wildman–Crippen MR) is 100 cm³/mol. The van der Waals surface area contributed by atoms with Crippen LogP contribution in [0.25, 0.3) is 0 Å². The van der Waals surface area contributed by atoms with E-state index in [1.165, 1.54) is 50.9 Å². The Bertz CT molecular complexity index is 574. The molecule has 0 unspecified atom stereocenters. The van der Waals surface area contributed by atoms with Crippen LogP contribution in [-0.4, -0.2) is 54.5 Å². The molecule has 0 bridgehead atoms. The molecule has 4 nitrogen and oxygen atoms in total. The molecular weight excluding hydrogens is 310 g/mol. The number of carbonyl (C=O) groups is 1. The molecule has 0 aliphatic carbocycles. The third-order valence-electron chi connectivity index (χ3n) is 6.61. The van der Waals surface area contributed by atoms with Crippen molar-refractivity contribution < 1.29 is 4.79 Å². The largest absolute Gasteiger partial charge is 0.338 e. The molecule has 1 spiro atoms. The number of nitrogens with one attached hydrogen (secondary N) is 1. The summed E-state index contributed by atoms with van der Waals surface area (Å²) in [5, 5.41) is 3.55. The average molecular weight is 341 g/mol. The highest BCUT2D eigenvalue weighted by Gasteiger charge is 2.41. The third kappa shape index (κ3) is 3.90. The molecule has 3 aliphatic rings. The maximum absolute atomic E-state index is 12.4. The fraction of sp³-hybridized carbons (Fsp3) is 0.667. The van der Waals surface area contributed by atoms with E-state index in [0.717, 1.165) is 38.5 Å². The van der Waals surface area contributed by atoms with Gasteiger partial charge in [0.1, 0.15) is 0 Å². The first kappa shape index (κ1) is 17.0. The molecule has 4 heteroatoms. The number of rotatable bonds is 3. The second-order valence-corrected chi connectivity index (χ2v) is 8.27. The number of benzene rings is 1. The van der Waals surface area contributed by atoms with Gasteiger partial charge in [0.15, 0.2) is 0 Å². The molecule has 3 saturated heterocycles. The van der Waals surface area contributed by atoms with E-state index < -0.39 is 0 Å². The SMILES string of the molecule is O=C1CCC2(CCN([C@H]3CCCNC3)CC2)CN1Cc1ccccc1. The summed E-state index contributed by atoms with van der Waals surface area (Å²) >= 11 is 0. The molecule has 0 radical (unpaired) electrons. The highest BCUT2D eigenvalue weighted by atomic mass is 16.2. The summed E-state index contributed by atoms with van der Waals surface area (Å²) in [4.78, 5) is 17.3. The van der Waals surface area contributed by atoms with Crippen LogP contribution >= 0.6 is 0 Å². The van der Waals surface area contributed by atoms with Gasteiger partial charge in [0.05, 0.1) is 0 Å². The first-order valence-electron chi connectivity index (χ1n) is 10.0. The molecule has 1 aromatic carbocycles. The van der Waals surface area contributed by atoms with Gasteiger partial charge in [0.2, 0.25) is 5.91 Å². The number of piperidine rings is 3. The van der Waals surface area contributed by atoms with Crippen LogP contribution in [0.1, 0.15) is 44.1 Å². The van der Waals surface area contributed by atoms with Crippen molar-refractivity contribution in [3.63, 3.8) is 0 Å². The Morgan fingerprint density at radius 3 is 2.64 bits per heavy atom. The van der Waals surface area contributed by atoms with E-state index in [4.69, 9.17) is 0 Å². The summed E-state index contributed by atoms with van der Waals surface area (Å²) < 4.78 is 0. The number of hydrogen-bond donors (Lipinski definition) is 1. The number of carbonyl (C=O) groups excluding carboxylic acids is 1. The highest BCUT2D eigenvalue weighted by Crippen LogP contribution is 2.41. The minimum absolute atomic E-state index is 0.341. The van der Waals surface area contributed by atoms with Gasteiger partial charge in [-0.1, -0.05) is 30.3 Å². The predicted octanol–water partition coefficient (Wildman–Crippen LogP) is 2.64. The zero-order valence-electron chi connectivity index (χ0n) is 15.3. The van der Waals surface area contributed by atoms with Crippen molar-refractivity contribution in [2.45, 2.75) is 51.1 Å². The van der Waals surface area contributed by atoms with Gasteiger partial charge in [-0.05, 0) is 62.7 Å². The molecule has 1 aromatic rings. The van der Waals surface area contributed by atoms with E-state index in [1.807, 2.05) is 6.07 Å². The Hall–Kier alpha value is -1.39. The second kappa shape index (κ2) is 7.46. The fourth-order valence-electron chi connectivity index (χ4n) is 4.97. The second-order valence-electron chi connectivity index (χ2n) is 8.27. The summed E-state index contributed by atoms with van der Waals surface area (Å²) in [7, 11) is 0. The van der Waals surface area contributed by atoms with Crippen molar-refractivity contribution in [2.24, 2.45) is 5.41 Å². The van der Waals surface area contributed by atoms with Crippen molar-refractivity contribution in [3.05, 3.63) is 35.9 Å². The van der Waals surface area contributed by atoms with Crippen molar-refractivity contribution >= 4 is 5.91 Å². The molecular formula is C21H31N3O. The van der Waals surface area contributed by atoms with Gasteiger partial charge in [-0.25, -0.2) is 0 Å². The molecule has 3 fully saturated rings. The van der Waals surface area contributed by atoms with Crippen molar-refractivity contribution in [1.29, 1.82) is 0 Å². The maximum atomic E-state index is 12.4. The topological polar surface area (TPSA) is 35.6 Å². The fourth-order valence-corrected chi connectivity index (χ4v) is 4.97. The van der Waals surface area contributed by atoms with Crippen LogP contribution < -0.4 is 5.32 Å². The van der Waals surface area contributed by atoms with Gasteiger partial charge in [0, 0.05) is 32.1 Å². The molecule has 25 heavy (non-hydrogen) atoms. The summed E-state index contributed by atoms with van der Waals surface area (Å²) in [6, 6.07) is 11.2. The lowest BCUT2D eigenvalue weighted by Crippen LogP contribution is -2.55. The van der Waals surface area contributed by atoms with Crippen LogP contribution in [0.5, 0.6) is 0 Å². The molecule has 4 rings (SSSR count). The van der Waals surface area contributed by atoms with E-state index in [9.17, 15) is 4.79 Å². The van der Waals surface area contributed by atoms with Gasteiger partial charge >= 0.3 is 0 Å². The van der Waals surface area contributed by atoms with Crippen LogP contribution in [0, 0.1) is 5.41 Å². The van der Waals surface area contributed by atoms with E-state index in [1.54, 1.807) is 0 Å². The first-order chi connectivity index (χ1) is 12.2. The van der Waals surface area contributed by atoms with E-state index in [2.05, 4.69) is 39.4 Å². The van der Waals surface area contributed by atoms with E-state index >= 15 is 0 Å². The quantitative estimate of drug-likeness (QED) is 0.918. The maximum Gasteiger partial charge on any atom is 0.222 e. The number of likely N-dealkylation sites (tertiary alicyclic amines) is 2. The summed E-state index contributed by atoms with van der Waals surface area (Å²) in [6.45, 7) is 6.49. The first-order valence-corrected chi connectivity index (χ1v) is 10.0. The average Bonchev–Trinajstić information content (AvgIpc) is 2.67. The zero-order valence-corrected chi connectivity index (χ0v) is 15.3. The Labute approximate surface area is 151 Å². The molecule has 1 amide bonds. The Morgan fingerprint density at radius 1 is 1.12 bits per heavy atom.